The molecule has 30 heavy (non-hydrogen) atoms. The third-order valence-corrected chi connectivity index (χ3v) is 7.57. The first-order valence-electron chi connectivity index (χ1n) is 10.2. The van der Waals surface area contributed by atoms with Crippen molar-refractivity contribution in [1.82, 2.24) is 9.62 Å². The molecule has 1 aliphatic rings. The highest BCUT2D eigenvalue weighted by atomic mass is 32.2. The van der Waals surface area contributed by atoms with Crippen LogP contribution in [0.15, 0.2) is 53.4 Å². The molecule has 160 valence electrons. The quantitative estimate of drug-likeness (QED) is 0.714. The number of benzene rings is 2. The van der Waals surface area contributed by atoms with E-state index < -0.39 is 10.0 Å². The van der Waals surface area contributed by atoms with E-state index in [0.29, 0.717) is 31.5 Å². The molecule has 1 unspecified atom stereocenters. The Hall–Kier alpha value is -2.51. The molecule has 1 atom stereocenters. The number of hydrogen-bond acceptors (Lipinski definition) is 4. The smallest absolute Gasteiger partial charge is 0.243 e. The van der Waals surface area contributed by atoms with Crippen molar-refractivity contribution in [3.8, 4) is 0 Å². The summed E-state index contributed by atoms with van der Waals surface area (Å²) in [7, 11) is -3.63. The van der Waals surface area contributed by atoms with Gasteiger partial charge in [-0.2, -0.15) is 4.31 Å². The second-order valence-electron chi connectivity index (χ2n) is 7.90. The highest BCUT2D eigenvalue weighted by Gasteiger charge is 2.32. The van der Waals surface area contributed by atoms with Gasteiger partial charge in [0.1, 0.15) is 0 Å². The Bertz CT molecular complexity index is 1010. The van der Waals surface area contributed by atoms with E-state index in [1.807, 2.05) is 38.1 Å². The van der Waals surface area contributed by atoms with E-state index in [1.165, 1.54) is 41.1 Å². The van der Waals surface area contributed by atoms with E-state index in [1.54, 1.807) is 0 Å². The van der Waals surface area contributed by atoms with Crippen LogP contribution < -0.4 is 5.32 Å². The Balaban J connectivity index is 1.58. The first-order valence-corrected chi connectivity index (χ1v) is 11.6. The predicted molar refractivity (Wildman–Crippen MR) is 116 cm³/mol. The lowest BCUT2D eigenvalue weighted by Crippen LogP contribution is -2.43. The lowest BCUT2D eigenvalue weighted by molar-refractivity contribution is -0.126. The summed E-state index contributed by atoms with van der Waals surface area (Å²) in [5.41, 5.74) is 2.69. The van der Waals surface area contributed by atoms with Gasteiger partial charge in [0, 0.05) is 24.6 Å². The maximum absolute atomic E-state index is 12.9. The molecule has 0 aromatic heterocycles. The number of rotatable bonds is 6. The lowest BCUT2D eigenvalue weighted by Gasteiger charge is -2.31. The van der Waals surface area contributed by atoms with Crippen molar-refractivity contribution < 1.29 is 18.0 Å². The number of nitrogens with zero attached hydrogens (tertiary/aromatic N) is 1. The zero-order valence-corrected chi connectivity index (χ0v) is 18.4. The highest BCUT2D eigenvalue weighted by molar-refractivity contribution is 7.89. The Labute approximate surface area is 178 Å². The normalized spacial score (nSPS) is 16.8. The van der Waals surface area contributed by atoms with Crippen molar-refractivity contribution in [2.45, 2.75) is 44.6 Å². The van der Waals surface area contributed by atoms with Gasteiger partial charge in [-0.3, -0.25) is 9.59 Å². The molecule has 0 radical (unpaired) electrons. The fourth-order valence-electron chi connectivity index (χ4n) is 3.64. The van der Waals surface area contributed by atoms with Crippen LogP contribution in [0.4, 0.5) is 0 Å². The Morgan fingerprint density at radius 3 is 2.10 bits per heavy atom. The van der Waals surface area contributed by atoms with Crippen LogP contribution in [0.3, 0.4) is 0 Å². The molecule has 1 aliphatic heterocycles. The van der Waals surface area contributed by atoms with Crippen LogP contribution in [-0.4, -0.2) is 37.5 Å². The number of sulfonamides is 1. The number of ketones is 1. The van der Waals surface area contributed by atoms with Gasteiger partial charge in [-0.25, -0.2) is 8.42 Å². The fourth-order valence-corrected chi connectivity index (χ4v) is 5.11. The Morgan fingerprint density at radius 2 is 1.57 bits per heavy atom. The molecule has 1 amide bonds. The summed E-state index contributed by atoms with van der Waals surface area (Å²) in [5, 5.41) is 3.05. The van der Waals surface area contributed by atoms with Gasteiger partial charge in [0.25, 0.3) is 0 Å². The van der Waals surface area contributed by atoms with Gasteiger partial charge in [-0.1, -0.05) is 42.0 Å². The summed E-state index contributed by atoms with van der Waals surface area (Å²) in [6, 6.07) is 13.9. The average molecular weight is 429 g/mol. The first kappa shape index (κ1) is 22.2. The lowest BCUT2D eigenvalue weighted by atomic mass is 9.96. The number of carbonyl (C=O) groups is 2. The summed E-state index contributed by atoms with van der Waals surface area (Å²) in [6.07, 6.45) is 0.967. The van der Waals surface area contributed by atoms with Crippen LogP contribution in [0.1, 0.15) is 54.2 Å². The zero-order chi connectivity index (χ0) is 21.9. The maximum atomic E-state index is 12.9. The maximum Gasteiger partial charge on any atom is 0.243 e. The molecular weight excluding hydrogens is 400 g/mol. The largest absolute Gasteiger partial charge is 0.349 e. The number of hydrogen-bond donors (Lipinski definition) is 1. The molecule has 1 fully saturated rings. The van der Waals surface area contributed by atoms with Crippen molar-refractivity contribution in [2.75, 3.05) is 13.1 Å². The third-order valence-electron chi connectivity index (χ3n) is 5.66. The van der Waals surface area contributed by atoms with Gasteiger partial charge in [0.05, 0.1) is 10.9 Å². The number of aryl methyl sites for hydroxylation is 1. The first-order chi connectivity index (χ1) is 14.2. The molecule has 1 N–H and O–H groups in total. The number of piperidine rings is 1. The van der Waals surface area contributed by atoms with E-state index >= 15 is 0 Å². The van der Waals surface area contributed by atoms with Gasteiger partial charge in [0.2, 0.25) is 15.9 Å². The minimum absolute atomic E-state index is 0.0362. The van der Waals surface area contributed by atoms with Crippen molar-refractivity contribution in [3.63, 3.8) is 0 Å². The van der Waals surface area contributed by atoms with Crippen molar-refractivity contribution in [1.29, 1.82) is 0 Å². The molecule has 3 rings (SSSR count). The molecule has 1 saturated heterocycles. The molecule has 0 aliphatic carbocycles. The summed E-state index contributed by atoms with van der Waals surface area (Å²) in [4.78, 5) is 24.2. The van der Waals surface area contributed by atoms with Gasteiger partial charge in [0.15, 0.2) is 5.78 Å². The number of amides is 1. The second-order valence-corrected chi connectivity index (χ2v) is 9.84. The molecule has 6 nitrogen and oxygen atoms in total. The van der Waals surface area contributed by atoms with Crippen LogP contribution in [0.2, 0.25) is 0 Å². The molecule has 0 bridgehead atoms. The molecule has 1 heterocycles. The van der Waals surface area contributed by atoms with Gasteiger partial charge >= 0.3 is 0 Å². The average Bonchev–Trinajstić information content (AvgIpc) is 2.74. The minimum atomic E-state index is -3.63. The molecule has 2 aromatic carbocycles. The molecular formula is C23H28N2O4S. The topological polar surface area (TPSA) is 83.6 Å². The van der Waals surface area contributed by atoms with E-state index in [9.17, 15) is 18.0 Å². The fraction of sp³-hybridized carbons (Fsp3) is 0.391. The monoisotopic (exact) mass is 428 g/mol. The summed E-state index contributed by atoms with van der Waals surface area (Å²) in [5.74, 6) is -0.346. The van der Waals surface area contributed by atoms with Crippen molar-refractivity contribution >= 4 is 21.7 Å². The zero-order valence-electron chi connectivity index (χ0n) is 17.6. The van der Waals surface area contributed by atoms with Crippen LogP contribution in [0, 0.1) is 12.8 Å². The van der Waals surface area contributed by atoms with Crippen molar-refractivity contribution in [2.24, 2.45) is 5.92 Å². The predicted octanol–water partition coefficient (Wildman–Crippen LogP) is 3.48. The van der Waals surface area contributed by atoms with E-state index in [0.717, 1.165) is 5.56 Å². The van der Waals surface area contributed by atoms with E-state index in [-0.39, 0.29) is 28.5 Å². The summed E-state index contributed by atoms with van der Waals surface area (Å²) >= 11 is 0. The Kier molecular flexibility index (Phi) is 6.73. The summed E-state index contributed by atoms with van der Waals surface area (Å²) < 4.78 is 27.2. The third kappa shape index (κ3) is 4.96. The number of nitrogens with one attached hydrogen (secondary N) is 1. The number of carbonyl (C=O) groups excluding carboxylic acids is 2. The van der Waals surface area contributed by atoms with Crippen molar-refractivity contribution in [3.05, 3.63) is 65.2 Å². The van der Waals surface area contributed by atoms with Crippen LogP contribution >= 0.6 is 0 Å². The second kappa shape index (κ2) is 9.10. The standard InChI is InChI=1S/C23H28N2O4S/c1-16-4-6-19(7-5-16)17(2)24-23(27)21-12-14-25(15-13-21)30(28,29)22-10-8-20(9-11-22)18(3)26/h4-11,17,21H,12-15H2,1-3H3,(H,24,27). The van der Waals surface area contributed by atoms with Crippen LogP contribution in [-0.2, 0) is 14.8 Å². The molecule has 0 saturated carbocycles. The SMILES string of the molecule is CC(=O)c1ccc(S(=O)(=O)N2CCC(C(=O)NC(C)c3ccc(C)cc3)CC2)cc1. The molecule has 7 heteroatoms. The van der Waals surface area contributed by atoms with Crippen LogP contribution in [0.5, 0.6) is 0 Å². The number of Topliss-reactive ketones (excluding diaryl/α,β-unsaturated/α-hetero) is 1. The summed E-state index contributed by atoms with van der Waals surface area (Å²) in [6.45, 7) is 6.01. The van der Waals surface area contributed by atoms with Gasteiger partial charge in [-0.15, -0.1) is 0 Å². The molecule has 0 spiro atoms. The highest BCUT2D eigenvalue weighted by Crippen LogP contribution is 2.25. The molecule has 2 aromatic rings. The Morgan fingerprint density at radius 1 is 1.00 bits per heavy atom. The van der Waals surface area contributed by atoms with E-state index in [2.05, 4.69) is 5.32 Å². The van der Waals surface area contributed by atoms with Gasteiger partial charge < -0.3 is 5.32 Å². The van der Waals surface area contributed by atoms with Crippen LogP contribution in [0.25, 0.3) is 0 Å². The van der Waals surface area contributed by atoms with E-state index in [4.69, 9.17) is 0 Å². The minimum Gasteiger partial charge on any atom is -0.349 e. The van der Waals surface area contributed by atoms with Gasteiger partial charge in [-0.05, 0) is 51.3 Å².